The molecule has 0 aromatic carbocycles. The van der Waals surface area contributed by atoms with E-state index in [2.05, 4.69) is 13.2 Å². The lowest BCUT2D eigenvalue weighted by atomic mass is 9.62. The highest BCUT2D eigenvalue weighted by Crippen LogP contribution is 2.65. The van der Waals surface area contributed by atoms with Crippen LogP contribution >= 0.6 is 0 Å². The highest BCUT2D eigenvalue weighted by molar-refractivity contribution is 5.98. The van der Waals surface area contributed by atoms with Gasteiger partial charge in [0.2, 0.25) is 11.8 Å². The molecule has 0 aromatic heterocycles. The molecule has 3 aliphatic heterocycles. The molecule has 3 fully saturated rings. The number of aliphatic hydroxyl groups excluding tert-OH is 1. The van der Waals surface area contributed by atoms with Crippen LogP contribution in [0.2, 0.25) is 0 Å². The number of amides is 2. The first kappa shape index (κ1) is 28.4. The van der Waals surface area contributed by atoms with Crippen molar-refractivity contribution in [2.24, 2.45) is 17.8 Å². The highest BCUT2D eigenvalue weighted by atomic mass is 16.6. The molecule has 36 heavy (non-hydrogen) atoms. The Balaban J connectivity index is 2.05. The molecular weight excluding hydrogens is 460 g/mol. The molecule has 0 aliphatic carbocycles. The van der Waals surface area contributed by atoms with Gasteiger partial charge in [-0.25, -0.2) is 0 Å². The third-order valence-corrected chi connectivity index (χ3v) is 8.34. The van der Waals surface area contributed by atoms with Gasteiger partial charge in [-0.05, 0) is 52.9 Å². The molecule has 3 heterocycles. The van der Waals surface area contributed by atoms with Crippen molar-refractivity contribution in [3.63, 3.8) is 0 Å². The molecule has 2 bridgehead atoms. The Morgan fingerprint density at radius 2 is 1.89 bits per heavy atom. The quantitative estimate of drug-likeness (QED) is 0.249. The van der Waals surface area contributed by atoms with E-state index in [-0.39, 0.29) is 30.9 Å². The van der Waals surface area contributed by atoms with Crippen LogP contribution in [0, 0.1) is 17.8 Å². The fourth-order valence-electron chi connectivity index (χ4n) is 6.57. The smallest absolute Gasteiger partial charge is 0.313 e. The third kappa shape index (κ3) is 4.62. The molecule has 202 valence electrons. The Labute approximate surface area is 215 Å². The molecule has 8 heteroatoms. The van der Waals surface area contributed by atoms with Crippen molar-refractivity contribution in [3.05, 3.63) is 25.3 Å². The van der Waals surface area contributed by atoms with E-state index in [9.17, 15) is 14.4 Å². The van der Waals surface area contributed by atoms with Gasteiger partial charge in [-0.15, -0.1) is 6.58 Å². The largest absolute Gasteiger partial charge is 0.461 e. The summed E-state index contributed by atoms with van der Waals surface area (Å²) in [6.45, 7) is 18.2. The van der Waals surface area contributed by atoms with Crippen LogP contribution in [0.1, 0.15) is 66.7 Å². The average Bonchev–Trinajstić information content (AvgIpc) is 3.31. The SMILES string of the molecule is C=CCOC(=O)[C@@H]1[C@H]2C(=O)N(CCCCCCO)C(C(=O)N(CC=C)C(C)(C)C)C23CC(C)[C@@]1(C)O3. The molecule has 8 nitrogen and oxygen atoms in total. The van der Waals surface area contributed by atoms with E-state index in [1.54, 1.807) is 15.9 Å². The number of aliphatic hydroxyl groups is 1. The van der Waals surface area contributed by atoms with Crippen molar-refractivity contribution in [2.45, 2.75) is 89.5 Å². The lowest BCUT2D eigenvalue weighted by Crippen LogP contribution is -2.60. The number of fused-ring (bicyclic) bond motifs is 1. The van der Waals surface area contributed by atoms with Crippen molar-refractivity contribution >= 4 is 17.8 Å². The molecule has 0 aromatic rings. The molecular formula is C28H44N2O6. The zero-order valence-corrected chi connectivity index (χ0v) is 22.6. The lowest BCUT2D eigenvalue weighted by molar-refractivity contribution is -0.162. The molecule has 0 radical (unpaired) electrons. The van der Waals surface area contributed by atoms with Gasteiger partial charge in [0.15, 0.2) is 0 Å². The number of ether oxygens (including phenoxy) is 2. The van der Waals surface area contributed by atoms with Crippen molar-refractivity contribution in [1.29, 1.82) is 0 Å². The number of hydrogen-bond acceptors (Lipinski definition) is 6. The van der Waals surface area contributed by atoms with E-state index in [1.807, 2.05) is 34.6 Å². The van der Waals surface area contributed by atoms with Crippen LogP contribution in [0.15, 0.2) is 25.3 Å². The summed E-state index contributed by atoms with van der Waals surface area (Å²) in [5, 5.41) is 9.10. The summed E-state index contributed by atoms with van der Waals surface area (Å²) in [5.41, 5.74) is -2.48. The zero-order valence-electron chi connectivity index (χ0n) is 22.6. The Bertz CT molecular complexity index is 882. The second kappa shape index (κ2) is 10.7. The van der Waals surface area contributed by atoms with Crippen LogP contribution in [0.25, 0.3) is 0 Å². The van der Waals surface area contributed by atoms with Gasteiger partial charge in [-0.2, -0.15) is 0 Å². The molecule has 1 N–H and O–H groups in total. The van der Waals surface area contributed by atoms with E-state index in [1.165, 1.54) is 6.08 Å². The highest BCUT2D eigenvalue weighted by Gasteiger charge is 2.80. The second-order valence-corrected chi connectivity index (χ2v) is 11.7. The van der Waals surface area contributed by atoms with Crippen LogP contribution in [0.3, 0.4) is 0 Å². The van der Waals surface area contributed by atoms with Gasteiger partial charge >= 0.3 is 5.97 Å². The molecule has 3 unspecified atom stereocenters. The molecule has 2 amide bonds. The maximum absolute atomic E-state index is 14.3. The molecule has 3 aliphatic rings. The molecule has 3 saturated heterocycles. The minimum Gasteiger partial charge on any atom is -0.461 e. The van der Waals surface area contributed by atoms with Crippen LogP contribution in [0.4, 0.5) is 0 Å². The normalized spacial score (nSPS) is 32.9. The lowest BCUT2D eigenvalue weighted by Gasteiger charge is -2.42. The van der Waals surface area contributed by atoms with Crippen molar-refractivity contribution in [1.82, 2.24) is 9.80 Å². The maximum atomic E-state index is 14.3. The Kier molecular flexibility index (Phi) is 8.40. The van der Waals surface area contributed by atoms with Gasteiger partial charge < -0.3 is 24.4 Å². The van der Waals surface area contributed by atoms with E-state index >= 15 is 0 Å². The summed E-state index contributed by atoms with van der Waals surface area (Å²) >= 11 is 0. The number of carbonyl (C=O) groups excluding carboxylic acids is 3. The topological polar surface area (TPSA) is 96.4 Å². The molecule has 1 spiro atoms. The van der Waals surface area contributed by atoms with Gasteiger partial charge in [-0.1, -0.05) is 38.5 Å². The Morgan fingerprint density at radius 3 is 2.47 bits per heavy atom. The Morgan fingerprint density at radius 1 is 1.22 bits per heavy atom. The first-order valence-electron chi connectivity index (χ1n) is 13.2. The molecule has 6 atom stereocenters. The van der Waals surface area contributed by atoms with Crippen LogP contribution < -0.4 is 0 Å². The first-order valence-corrected chi connectivity index (χ1v) is 13.2. The second-order valence-electron chi connectivity index (χ2n) is 11.7. The fourth-order valence-corrected chi connectivity index (χ4v) is 6.57. The van der Waals surface area contributed by atoms with Gasteiger partial charge in [0.25, 0.3) is 0 Å². The minimum absolute atomic E-state index is 0.0369. The summed E-state index contributed by atoms with van der Waals surface area (Å²) in [7, 11) is 0. The fraction of sp³-hybridized carbons (Fsp3) is 0.750. The minimum atomic E-state index is -1.09. The Hall–Kier alpha value is -2.19. The summed E-state index contributed by atoms with van der Waals surface area (Å²) in [5.74, 6) is -2.45. The maximum Gasteiger partial charge on any atom is 0.313 e. The summed E-state index contributed by atoms with van der Waals surface area (Å²) in [6, 6.07) is -0.825. The number of carbonyl (C=O) groups is 3. The van der Waals surface area contributed by atoms with Crippen LogP contribution in [0.5, 0.6) is 0 Å². The standard InChI is InChI=1S/C28H44N2O6/c1-8-14-30(26(4,5)6)24(33)22-28-18-19(3)27(7,36-28)21(25(34)35-17-9-2)20(28)23(32)29(22)15-12-10-11-13-16-31/h8-9,19-22,31H,1-2,10-18H2,3-7H3/t19?,20-,21-,22?,27+,28?/m0/s1. The number of rotatable bonds is 12. The van der Waals surface area contributed by atoms with E-state index in [0.717, 1.165) is 12.8 Å². The number of likely N-dealkylation sites (tertiary alicyclic amines) is 1. The zero-order chi connectivity index (χ0) is 26.9. The van der Waals surface area contributed by atoms with Crippen molar-refractivity contribution in [3.8, 4) is 0 Å². The first-order chi connectivity index (χ1) is 16.9. The monoisotopic (exact) mass is 504 g/mol. The number of esters is 1. The molecule has 3 rings (SSSR count). The van der Waals surface area contributed by atoms with E-state index in [4.69, 9.17) is 14.6 Å². The number of nitrogens with zero attached hydrogens (tertiary/aromatic N) is 2. The summed E-state index contributed by atoms with van der Waals surface area (Å²) < 4.78 is 12.2. The van der Waals surface area contributed by atoms with Crippen LogP contribution in [-0.2, 0) is 23.9 Å². The predicted octanol–water partition coefficient (Wildman–Crippen LogP) is 3.09. The van der Waals surface area contributed by atoms with E-state index in [0.29, 0.717) is 32.4 Å². The van der Waals surface area contributed by atoms with Crippen molar-refractivity contribution in [2.75, 3.05) is 26.3 Å². The number of hydrogen-bond donors (Lipinski definition) is 1. The third-order valence-electron chi connectivity index (χ3n) is 8.34. The predicted molar refractivity (Wildman–Crippen MR) is 137 cm³/mol. The van der Waals surface area contributed by atoms with Gasteiger partial charge in [0, 0.05) is 25.2 Å². The molecule has 0 saturated carbocycles. The van der Waals surface area contributed by atoms with Crippen LogP contribution in [-0.4, -0.2) is 81.8 Å². The van der Waals surface area contributed by atoms with E-state index < -0.39 is 40.6 Å². The number of unbranched alkanes of at least 4 members (excludes halogenated alkanes) is 3. The summed E-state index contributed by atoms with van der Waals surface area (Å²) in [6.07, 6.45) is 6.81. The van der Waals surface area contributed by atoms with Gasteiger partial charge in [0.1, 0.15) is 24.2 Å². The van der Waals surface area contributed by atoms with Gasteiger partial charge in [-0.3, -0.25) is 14.4 Å². The van der Waals surface area contributed by atoms with Crippen molar-refractivity contribution < 1.29 is 29.0 Å². The average molecular weight is 505 g/mol. The summed E-state index contributed by atoms with van der Waals surface area (Å²) in [4.78, 5) is 45.1. The van der Waals surface area contributed by atoms with Gasteiger partial charge in [0.05, 0.1) is 11.5 Å².